The average Bonchev–Trinajstić information content (AvgIpc) is 2.79. The number of ether oxygens (including phenoxy) is 4. The minimum Gasteiger partial charge on any atom is -0.493 e. The van der Waals surface area contributed by atoms with Crippen molar-refractivity contribution in [1.29, 1.82) is 0 Å². The number of benzene rings is 1. The zero-order valence-electron chi connectivity index (χ0n) is 24.9. The largest absolute Gasteiger partial charge is 0.493 e. The number of unbranched alkanes of at least 4 members (excludes halogenated alkanes) is 1. The molecule has 0 saturated carbocycles. The van der Waals surface area contributed by atoms with E-state index in [-0.39, 0.29) is 16.4 Å². The molecule has 0 radical (unpaired) electrons. The van der Waals surface area contributed by atoms with E-state index in [0.29, 0.717) is 24.7 Å². The molecule has 1 saturated heterocycles. The maximum absolute atomic E-state index is 13.0. The van der Waals surface area contributed by atoms with E-state index in [1.807, 2.05) is 0 Å². The lowest BCUT2D eigenvalue weighted by atomic mass is 9.74. The molecule has 1 heterocycles. The fourth-order valence-corrected chi connectivity index (χ4v) is 5.07. The molecule has 5 atom stereocenters. The van der Waals surface area contributed by atoms with Crippen LogP contribution in [0.15, 0.2) is 18.2 Å². The molecule has 1 aromatic rings. The minimum absolute atomic E-state index is 0.0786. The van der Waals surface area contributed by atoms with Gasteiger partial charge < -0.3 is 39.4 Å². The molecular formula is C30H50O9. The van der Waals surface area contributed by atoms with E-state index < -0.39 is 48.7 Å². The summed E-state index contributed by atoms with van der Waals surface area (Å²) in [5.41, 5.74) is -1.02. The number of hydrogen-bond acceptors (Lipinski definition) is 9. The van der Waals surface area contributed by atoms with Gasteiger partial charge in [-0.3, -0.25) is 0 Å². The Kier molecular flexibility index (Phi) is 11.6. The third-order valence-electron chi connectivity index (χ3n) is 6.73. The van der Waals surface area contributed by atoms with Crippen molar-refractivity contribution in [3.05, 3.63) is 23.8 Å². The summed E-state index contributed by atoms with van der Waals surface area (Å²) in [5.74, 6) is 0.276. The molecule has 5 unspecified atom stereocenters. The molecule has 1 aliphatic rings. The van der Waals surface area contributed by atoms with Crippen LogP contribution in [0.5, 0.6) is 11.5 Å². The summed E-state index contributed by atoms with van der Waals surface area (Å²) in [5, 5.41) is 41.1. The first kappa shape index (κ1) is 33.3. The molecule has 9 nitrogen and oxygen atoms in total. The predicted octanol–water partition coefficient (Wildman–Crippen LogP) is 3.87. The van der Waals surface area contributed by atoms with Crippen LogP contribution in [0.1, 0.15) is 91.4 Å². The Morgan fingerprint density at radius 1 is 0.897 bits per heavy atom. The third-order valence-corrected chi connectivity index (χ3v) is 6.73. The van der Waals surface area contributed by atoms with Gasteiger partial charge >= 0.3 is 5.97 Å². The maximum Gasteiger partial charge on any atom is 0.338 e. The van der Waals surface area contributed by atoms with Gasteiger partial charge in [-0.25, -0.2) is 4.79 Å². The molecule has 0 aliphatic carbocycles. The Morgan fingerprint density at radius 2 is 1.49 bits per heavy atom. The van der Waals surface area contributed by atoms with Crippen molar-refractivity contribution in [2.45, 2.75) is 117 Å². The van der Waals surface area contributed by atoms with Gasteiger partial charge in [-0.05, 0) is 56.1 Å². The van der Waals surface area contributed by atoms with Gasteiger partial charge in [-0.2, -0.15) is 0 Å². The van der Waals surface area contributed by atoms with Gasteiger partial charge in [0.05, 0.1) is 24.4 Å². The summed E-state index contributed by atoms with van der Waals surface area (Å²) in [6.45, 7) is 16.6. The lowest BCUT2D eigenvalue weighted by Gasteiger charge is -2.44. The second-order valence-corrected chi connectivity index (χ2v) is 13.2. The quantitative estimate of drug-likeness (QED) is 0.212. The van der Waals surface area contributed by atoms with Gasteiger partial charge in [-0.1, -0.05) is 48.0 Å². The van der Waals surface area contributed by atoms with Crippen LogP contribution in [-0.2, 0) is 9.47 Å². The second kappa shape index (κ2) is 13.6. The monoisotopic (exact) mass is 554 g/mol. The molecule has 9 heteroatoms. The lowest BCUT2D eigenvalue weighted by molar-refractivity contribution is -0.263. The summed E-state index contributed by atoms with van der Waals surface area (Å²) in [4.78, 5) is 13.0. The van der Waals surface area contributed by atoms with Gasteiger partial charge in [0, 0.05) is 6.07 Å². The molecule has 0 bridgehead atoms. The molecule has 224 valence electrons. The lowest BCUT2D eigenvalue weighted by Crippen LogP contribution is -2.64. The van der Waals surface area contributed by atoms with Crippen molar-refractivity contribution >= 4 is 5.97 Å². The first-order valence-corrected chi connectivity index (χ1v) is 13.9. The van der Waals surface area contributed by atoms with Crippen molar-refractivity contribution in [3.8, 4) is 11.5 Å². The zero-order chi connectivity index (χ0) is 29.6. The molecule has 0 spiro atoms. The van der Waals surface area contributed by atoms with E-state index in [2.05, 4.69) is 41.5 Å². The Hall–Kier alpha value is -1.91. The fourth-order valence-electron chi connectivity index (χ4n) is 5.07. The molecule has 0 amide bonds. The minimum atomic E-state index is -1.57. The number of aliphatic hydroxyl groups is 4. The Morgan fingerprint density at radius 3 is 2.03 bits per heavy atom. The first-order chi connectivity index (χ1) is 17.9. The standard InChI is InChI=1S/C30H50O9/c1-9-10-12-36-20-14-19(15-21(16-20)37-13-11-29(5,6)18-28(2,3)4)27(34)38-17-22-23(31)24(32)25(33)26(39-22)30(7,8)35/h14-16,22-26,31-33,35H,9-13,17-18H2,1-8H3. The van der Waals surface area contributed by atoms with Crippen LogP contribution < -0.4 is 9.47 Å². The van der Waals surface area contributed by atoms with Crippen molar-refractivity contribution in [1.82, 2.24) is 0 Å². The van der Waals surface area contributed by atoms with Gasteiger partial charge in [0.2, 0.25) is 0 Å². The van der Waals surface area contributed by atoms with E-state index in [0.717, 1.165) is 25.7 Å². The van der Waals surface area contributed by atoms with Crippen LogP contribution in [0.3, 0.4) is 0 Å². The smallest absolute Gasteiger partial charge is 0.338 e. The van der Waals surface area contributed by atoms with Crippen LogP contribution in [0.25, 0.3) is 0 Å². The number of hydrogen-bond donors (Lipinski definition) is 4. The number of esters is 1. The zero-order valence-corrected chi connectivity index (χ0v) is 24.9. The highest BCUT2D eigenvalue weighted by Crippen LogP contribution is 2.36. The maximum atomic E-state index is 13.0. The van der Waals surface area contributed by atoms with E-state index in [1.54, 1.807) is 18.2 Å². The van der Waals surface area contributed by atoms with Crippen LogP contribution in [0.2, 0.25) is 0 Å². The fraction of sp³-hybridized carbons (Fsp3) is 0.767. The highest BCUT2D eigenvalue weighted by molar-refractivity contribution is 5.90. The average molecular weight is 555 g/mol. The van der Waals surface area contributed by atoms with Gasteiger partial charge in [-0.15, -0.1) is 0 Å². The van der Waals surface area contributed by atoms with Crippen molar-refractivity contribution < 1.29 is 44.2 Å². The molecule has 2 rings (SSSR count). The van der Waals surface area contributed by atoms with Crippen LogP contribution in [0.4, 0.5) is 0 Å². The summed E-state index contributed by atoms with van der Waals surface area (Å²) < 4.78 is 22.9. The molecular weight excluding hydrogens is 504 g/mol. The summed E-state index contributed by atoms with van der Waals surface area (Å²) in [6, 6.07) is 4.91. The van der Waals surface area contributed by atoms with Crippen molar-refractivity contribution in [3.63, 3.8) is 0 Å². The summed E-state index contributed by atoms with van der Waals surface area (Å²) in [7, 11) is 0. The normalized spacial score (nSPS) is 24.4. The Balaban J connectivity index is 2.12. The second-order valence-electron chi connectivity index (χ2n) is 13.2. The molecule has 39 heavy (non-hydrogen) atoms. The van der Waals surface area contributed by atoms with Gasteiger partial charge in [0.15, 0.2) is 0 Å². The number of carbonyl (C=O) groups excluding carboxylic acids is 1. The highest BCUT2D eigenvalue weighted by atomic mass is 16.6. The van der Waals surface area contributed by atoms with Gasteiger partial charge in [0.25, 0.3) is 0 Å². The van der Waals surface area contributed by atoms with E-state index in [1.165, 1.54) is 13.8 Å². The summed E-state index contributed by atoms with van der Waals surface area (Å²) in [6.07, 6.45) is -3.22. The Labute approximate surface area is 233 Å². The first-order valence-electron chi connectivity index (χ1n) is 13.9. The van der Waals surface area contributed by atoms with Crippen LogP contribution in [-0.4, -0.2) is 82.3 Å². The van der Waals surface area contributed by atoms with E-state index >= 15 is 0 Å². The van der Waals surface area contributed by atoms with Crippen molar-refractivity contribution in [2.75, 3.05) is 19.8 Å². The molecule has 1 aromatic carbocycles. The SMILES string of the molecule is CCCCOc1cc(OCCC(C)(C)CC(C)(C)C)cc(C(=O)OCC2OC(C(C)(C)O)C(O)C(O)C2O)c1. The van der Waals surface area contributed by atoms with Gasteiger partial charge in [0.1, 0.15) is 48.6 Å². The number of carbonyl (C=O) groups is 1. The molecule has 1 fully saturated rings. The van der Waals surface area contributed by atoms with E-state index in [4.69, 9.17) is 18.9 Å². The van der Waals surface area contributed by atoms with E-state index in [9.17, 15) is 25.2 Å². The predicted molar refractivity (Wildman–Crippen MR) is 148 cm³/mol. The summed E-state index contributed by atoms with van der Waals surface area (Å²) >= 11 is 0. The highest BCUT2D eigenvalue weighted by Gasteiger charge is 2.49. The molecule has 0 aromatic heterocycles. The third kappa shape index (κ3) is 10.5. The molecule has 4 N–H and O–H groups in total. The topological polar surface area (TPSA) is 135 Å². The van der Waals surface area contributed by atoms with Crippen LogP contribution >= 0.6 is 0 Å². The van der Waals surface area contributed by atoms with Crippen molar-refractivity contribution in [2.24, 2.45) is 10.8 Å². The Bertz CT molecular complexity index is 916. The van der Waals surface area contributed by atoms with Crippen LogP contribution in [0, 0.1) is 10.8 Å². The number of rotatable bonds is 13. The molecule has 1 aliphatic heterocycles. The number of aliphatic hydroxyl groups excluding tert-OH is 3.